The van der Waals surface area contributed by atoms with Crippen LogP contribution in [0, 0.1) is 0 Å². The van der Waals surface area contributed by atoms with Crippen LogP contribution in [0.4, 0.5) is 0 Å². The van der Waals surface area contributed by atoms with Gasteiger partial charge in [0.2, 0.25) is 0 Å². The predicted molar refractivity (Wildman–Crippen MR) is 78.2 cm³/mol. The van der Waals surface area contributed by atoms with Crippen LogP contribution in [0.15, 0.2) is 29.3 Å². The zero-order chi connectivity index (χ0) is 13.1. The van der Waals surface area contributed by atoms with E-state index in [1.165, 1.54) is 0 Å². The van der Waals surface area contributed by atoms with Gasteiger partial charge in [0, 0.05) is 36.8 Å². The Labute approximate surface area is 121 Å². The summed E-state index contributed by atoms with van der Waals surface area (Å²) in [5.74, 6) is 0.239. The van der Waals surface area contributed by atoms with Crippen molar-refractivity contribution in [1.82, 2.24) is 10.2 Å². The SMILES string of the molecule is C=C[C@H](c1cc(Cl)cc(Br)c1O)N1CCNCC1. The smallest absolute Gasteiger partial charge is 0.134 e. The van der Waals surface area contributed by atoms with Gasteiger partial charge in [-0.15, -0.1) is 6.58 Å². The molecule has 0 spiro atoms. The van der Waals surface area contributed by atoms with Crippen molar-refractivity contribution in [2.45, 2.75) is 6.04 Å². The van der Waals surface area contributed by atoms with Gasteiger partial charge in [0.25, 0.3) is 0 Å². The lowest BCUT2D eigenvalue weighted by atomic mass is 10.0. The number of phenols is 1. The molecule has 0 saturated carbocycles. The van der Waals surface area contributed by atoms with Crippen LogP contribution in [0.5, 0.6) is 5.75 Å². The molecule has 1 aliphatic heterocycles. The third kappa shape index (κ3) is 2.88. The highest BCUT2D eigenvalue weighted by Crippen LogP contribution is 2.37. The van der Waals surface area contributed by atoms with Crippen molar-refractivity contribution in [3.05, 3.63) is 39.8 Å². The van der Waals surface area contributed by atoms with Gasteiger partial charge < -0.3 is 10.4 Å². The molecule has 0 aliphatic carbocycles. The molecule has 0 bridgehead atoms. The standard InChI is InChI=1S/C13H16BrClN2O/c1-2-12(17-5-3-16-4-6-17)10-7-9(15)8-11(14)13(10)18/h2,7-8,12,16,18H,1,3-6H2/t12-/m1/s1. The van der Waals surface area contributed by atoms with Crippen molar-refractivity contribution in [3.63, 3.8) is 0 Å². The van der Waals surface area contributed by atoms with Gasteiger partial charge in [0.15, 0.2) is 0 Å². The summed E-state index contributed by atoms with van der Waals surface area (Å²) < 4.78 is 0.618. The quantitative estimate of drug-likeness (QED) is 0.836. The molecule has 0 radical (unpaired) electrons. The minimum atomic E-state index is -0.0119. The number of rotatable bonds is 3. The molecule has 1 saturated heterocycles. The minimum Gasteiger partial charge on any atom is -0.506 e. The molecular formula is C13H16BrClN2O. The Kier molecular flexibility index (Phi) is 4.67. The van der Waals surface area contributed by atoms with E-state index in [2.05, 4.69) is 32.7 Å². The lowest BCUT2D eigenvalue weighted by Crippen LogP contribution is -2.44. The van der Waals surface area contributed by atoms with E-state index in [0.29, 0.717) is 9.50 Å². The topological polar surface area (TPSA) is 35.5 Å². The Balaban J connectivity index is 2.34. The summed E-state index contributed by atoms with van der Waals surface area (Å²) in [6, 6.07) is 3.48. The highest BCUT2D eigenvalue weighted by atomic mass is 79.9. The van der Waals surface area contributed by atoms with E-state index in [-0.39, 0.29) is 11.8 Å². The number of benzene rings is 1. The van der Waals surface area contributed by atoms with Crippen LogP contribution in [-0.2, 0) is 0 Å². The van der Waals surface area contributed by atoms with E-state index >= 15 is 0 Å². The molecule has 1 atom stereocenters. The Morgan fingerprint density at radius 2 is 2.11 bits per heavy atom. The van der Waals surface area contributed by atoms with E-state index in [1.807, 2.05) is 6.08 Å². The highest BCUT2D eigenvalue weighted by molar-refractivity contribution is 9.10. The number of phenolic OH excluding ortho intramolecular Hbond substituents is 1. The van der Waals surface area contributed by atoms with Gasteiger partial charge in [0.05, 0.1) is 10.5 Å². The van der Waals surface area contributed by atoms with E-state index in [4.69, 9.17) is 11.6 Å². The van der Waals surface area contributed by atoms with Gasteiger partial charge in [0.1, 0.15) is 5.75 Å². The van der Waals surface area contributed by atoms with Crippen molar-refractivity contribution in [3.8, 4) is 5.75 Å². The summed E-state index contributed by atoms with van der Waals surface area (Å²) in [4.78, 5) is 2.28. The van der Waals surface area contributed by atoms with Crippen molar-refractivity contribution in [2.75, 3.05) is 26.2 Å². The zero-order valence-corrected chi connectivity index (χ0v) is 12.3. The molecule has 3 nitrogen and oxygen atoms in total. The van der Waals surface area contributed by atoms with Gasteiger partial charge in [-0.25, -0.2) is 0 Å². The first-order valence-electron chi connectivity index (χ1n) is 5.88. The normalized spacial score (nSPS) is 18.6. The number of piperazine rings is 1. The van der Waals surface area contributed by atoms with Crippen LogP contribution in [0.2, 0.25) is 5.02 Å². The van der Waals surface area contributed by atoms with E-state index in [0.717, 1.165) is 31.7 Å². The van der Waals surface area contributed by atoms with Gasteiger partial charge in [-0.1, -0.05) is 17.7 Å². The monoisotopic (exact) mass is 330 g/mol. The van der Waals surface area contributed by atoms with Crippen LogP contribution in [0.25, 0.3) is 0 Å². The first kappa shape index (κ1) is 13.9. The second kappa shape index (κ2) is 6.06. The van der Waals surface area contributed by atoms with Crippen LogP contribution in [0.1, 0.15) is 11.6 Å². The fourth-order valence-electron chi connectivity index (χ4n) is 2.24. The van der Waals surface area contributed by atoms with Crippen LogP contribution in [-0.4, -0.2) is 36.2 Å². The van der Waals surface area contributed by atoms with Gasteiger partial charge in [-0.3, -0.25) is 4.90 Å². The fourth-order valence-corrected chi connectivity index (χ4v) is 3.08. The molecule has 2 rings (SSSR count). The predicted octanol–water partition coefficient (Wildman–Crippen LogP) is 2.94. The number of hydrogen-bond donors (Lipinski definition) is 2. The molecule has 0 unspecified atom stereocenters. The second-order valence-electron chi connectivity index (χ2n) is 4.29. The number of nitrogens with zero attached hydrogens (tertiary/aromatic N) is 1. The van der Waals surface area contributed by atoms with Crippen LogP contribution in [0.3, 0.4) is 0 Å². The first-order valence-corrected chi connectivity index (χ1v) is 7.06. The summed E-state index contributed by atoms with van der Waals surface area (Å²) in [5.41, 5.74) is 0.797. The summed E-state index contributed by atoms with van der Waals surface area (Å²) in [6.45, 7) is 7.65. The maximum absolute atomic E-state index is 10.2. The van der Waals surface area contributed by atoms with Crippen molar-refractivity contribution < 1.29 is 5.11 Å². The second-order valence-corrected chi connectivity index (χ2v) is 5.58. The van der Waals surface area contributed by atoms with Crippen molar-refractivity contribution in [2.24, 2.45) is 0 Å². The number of aromatic hydroxyl groups is 1. The lowest BCUT2D eigenvalue weighted by molar-refractivity contribution is 0.201. The van der Waals surface area contributed by atoms with E-state index in [9.17, 15) is 5.11 Å². The molecule has 98 valence electrons. The maximum atomic E-state index is 10.2. The Morgan fingerprint density at radius 3 is 2.72 bits per heavy atom. The summed E-state index contributed by atoms with van der Waals surface area (Å²) in [5, 5.41) is 14.1. The molecule has 1 fully saturated rings. The van der Waals surface area contributed by atoms with Crippen molar-refractivity contribution >= 4 is 27.5 Å². The number of nitrogens with one attached hydrogen (secondary N) is 1. The average molecular weight is 332 g/mol. The molecule has 0 aromatic heterocycles. The molecular weight excluding hydrogens is 316 g/mol. The highest BCUT2D eigenvalue weighted by Gasteiger charge is 2.23. The van der Waals surface area contributed by atoms with Crippen molar-refractivity contribution in [1.29, 1.82) is 0 Å². The average Bonchev–Trinajstić information content (AvgIpc) is 2.37. The van der Waals surface area contributed by atoms with Gasteiger partial charge in [-0.05, 0) is 28.1 Å². The Hall–Kier alpha value is -0.550. The number of hydrogen-bond acceptors (Lipinski definition) is 3. The largest absolute Gasteiger partial charge is 0.506 e. The van der Waals surface area contributed by atoms with E-state index in [1.54, 1.807) is 12.1 Å². The summed E-state index contributed by atoms with van der Waals surface area (Å²) >= 11 is 9.37. The molecule has 1 aromatic carbocycles. The molecule has 1 aromatic rings. The van der Waals surface area contributed by atoms with Gasteiger partial charge >= 0.3 is 0 Å². The molecule has 1 aliphatic rings. The fraction of sp³-hybridized carbons (Fsp3) is 0.385. The Bertz CT molecular complexity index is 447. The van der Waals surface area contributed by atoms with Crippen LogP contribution < -0.4 is 5.32 Å². The van der Waals surface area contributed by atoms with Crippen LogP contribution >= 0.6 is 27.5 Å². The lowest BCUT2D eigenvalue weighted by Gasteiger charge is -2.33. The van der Waals surface area contributed by atoms with Gasteiger partial charge in [-0.2, -0.15) is 0 Å². The molecule has 5 heteroatoms. The summed E-state index contributed by atoms with van der Waals surface area (Å²) in [6.07, 6.45) is 1.85. The minimum absolute atomic E-state index is 0.0119. The first-order chi connectivity index (χ1) is 8.63. The number of halogens is 2. The zero-order valence-electron chi connectivity index (χ0n) is 10.00. The van der Waals surface area contributed by atoms with E-state index < -0.39 is 0 Å². The molecule has 2 N–H and O–H groups in total. The molecule has 18 heavy (non-hydrogen) atoms. The third-order valence-electron chi connectivity index (χ3n) is 3.14. The Morgan fingerprint density at radius 1 is 1.44 bits per heavy atom. The maximum Gasteiger partial charge on any atom is 0.134 e. The summed E-state index contributed by atoms with van der Waals surface area (Å²) in [7, 11) is 0. The third-order valence-corrected chi connectivity index (χ3v) is 3.97. The molecule has 0 amide bonds. The molecule has 1 heterocycles.